The van der Waals surface area contributed by atoms with Crippen molar-refractivity contribution in [2.75, 3.05) is 6.54 Å². The van der Waals surface area contributed by atoms with E-state index in [-0.39, 0.29) is 12.4 Å². The molecule has 0 saturated carbocycles. The van der Waals surface area contributed by atoms with Gasteiger partial charge in [0, 0.05) is 25.2 Å². The molecule has 42 heavy (non-hydrogen) atoms. The molecule has 0 bridgehead atoms. The first kappa shape index (κ1) is 29.0. The first-order chi connectivity index (χ1) is 19.8. The maximum absolute atomic E-state index is 14.8. The van der Waals surface area contributed by atoms with Gasteiger partial charge in [0.15, 0.2) is 17.5 Å². The molecule has 1 N–H and O–H groups in total. The lowest BCUT2D eigenvalue weighted by molar-refractivity contribution is -0.209. The van der Waals surface area contributed by atoms with E-state index in [9.17, 15) is 40.7 Å². The van der Waals surface area contributed by atoms with Gasteiger partial charge in [-0.05, 0) is 30.5 Å². The van der Waals surface area contributed by atoms with Crippen LogP contribution in [-0.2, 0) is 49.5 Å². The van der Waals surface area contributed by atoms with Gasteiger partial charge in [0.25, 0.3) is 0 Å². The number of benzene rings is 2. The van der Waals surface area contributed by atoms with Crippen LogP contribution in [0.1, 0.15) is 35.7 Å². The molecule has 0 aliphatic carbocycles. The lowest BCUT2D eigenvalue weighted by Crippen LogP contribution is -2.63. The van der Waals surface area contributed by atoms with Crippen molar-refractivity contribution in [1.82, 2.24) is 25.0 Å². The van der Waals surface area contributed by atoms with Gasteiger partial charge in [-0.1, -0.05) is 30.3 Å². The molecule has 3 aromatic rings. The fourth-order valence-corrected chi connectivity index (χ4v) is 4.90. The quantitative estimate of drug-likeness (QED) is 0.192. The summed E-state index contributed by atoms with van der Waals surface area (Å²) < 4.78 is 93.7. The zero-order chi connectivity index (χ0) is 30.4. The van der Waals surface area contributed by atoms with Crippen molar-refractivity contribution in [2.24, 2.45) is 0 Å². The van der Waals surface area contributed by atoms with Crippen LogP contribution in [0.5, 0.6) is 0 Å². The molecule has 2 atom stereocenters. The third kappa shape index (κ3) is 5.29. The van der Waals surface area contributed by atoms with E-state index < -0.39 is 90.2 Å². The van der Waals surface area contributed by atoms with Crippen molar-refractivity contribution >= 4 is 17.8 Å². The number of hydrogen-bond acceptors (Lipinski definition) is 8. The number of aromatic nitrogens is 3. The molecule has 1 amide bonds. The summed E-state index contributed by atoms with van der Waals surface area (Å²) in [5.41, 5.74) is 0.184. The number of alkyl halides is 3. The summed E-state index contributed by atoms with van der Waals surface area (Å²) in [6.45, 7) is 0.309. The van der Waals surface area contributed by atoms with Crippen LogP contribution in [0.15, 0.2) is 42.5 Å². The minimum Gasteiger partial charge on any atom is -0.403 e. The Hall–Kier alpha value is -4.47. The summed E-state index contributed by atoms with van der Waals surface area (Å²) in [4.78, 5) is 39.6. The smallest absolute Gasteiger partial charge is 0.403 e. The Morgan fingerprint density at radius 3 is 2.29 bits per heavy atom. The van der Waals surface area contributed by atoms with E-state index in [1.54, 1.807) is 37.3 Å². The number of esters is 2. The predicted molar refractivity (Wildman–Crippen MR) is 127 cm³/mol. The number of halogens is 6. The van der Waals surface area contributed by atoms with Gasteiger partial charge in [0.05, 0.1) is 12.6 Å². The number of cyclic esters (lactones) is 2. The van der Waals surface area contributed by atoms with Gasteiger partial charge in [-0.2, -0.15) is 13.2 Å². The zero-order valence-electron chi connectivity index (χ0n) is 21.6. The van der Waals surface area contributed by atoms with E-state index in [2.05, 4.69) is 15.5 Å². The topological polar surface area (TPSA) is 116 Å². The van der Waals surface area contributed by atoms with E-state index in [0.717, 1.165) is 9.47 Å². The number of nitrogens with zero attached hydrogens (tertiary/aromatic N) is 4. The summed E-state index contributed by atoms with van der Waals surface area (Å²) in [6, 6.07) is 7.10. The molecular formula is C26H21F6N5O5. The first-order valence-corrected chi connectivity index (χ1v) is 12.5. The van der Waals surface area contributed by atoms with Gasteiger partial charge in [-0.15, -0.1) is 10.2 Å². The SMILES string of the molecule is C[C@H](N[C@H](Cc1cc(F)c(F)cc1F)C1(C(=O)N2CCn3c(nnc3C(F)(F)F)C2)OC(=O)C(=O)O1)c1ccccc1. The lowest BCUT2D eigenvalue weighted by atomic mass is 9.94. The molecule has 5 rings (SSSR count). The second-order valence-corrected chi connectivity index (χ2v) is 9.68. The van der Waals surface area contributed by atoms with Crippen molar-refractivity contribution in [1.29, 1.82) is 0 Å². The number of fused-ring (bicyclic) bond motifs is 1. The number of hydrogen-bond donors (Lipinski definition) is 1. The van der Waals surface area contributed by atoms with Crippen LogP contribution >= 0.6 is 0 Å². The summed E-state index contributed by atoms with van der Waals surface area (Å²) in [5.74, 6) is -12.7. The molecular weight excluding hydrogens is 576 g/mol. The monoisotopic (exact) mass is 597 g/mol. The highest BCUT2D eigenvalue weighted by Gasteiger charge is 2.62. The molecule has 0 spiro atoms. The first-order valence-electron chi connectivity index (χ1n) is 12.5. The van der Waals surface area contributed by atoms with Crippen molar-refractivity contribution < 1.29 is 50.2 Å². The molecule has 16 heteroatoms. The summed E-state index contributed by atoms with van der Waals surface area (Å²) in [5, 5.41) is 9.62. The van der Waals surface area contributed by atoms with Gasteiger partial charge < -0.3 is 18.9 Å². The predicted octanol–water partition coefficient (Wildman–Crippen LogP) is 2.81. The van der Waals surface area contributed by atoms with E-state index in [4.69, 9.17) is 9.47 Å². The van der Waals surface area contributed by atoms with Gasteiger partial charge in [-0.25, -0.2) is 22.8 Å². The van der Waals surface area contributed by atoms with Crippen LogP contribution in [0.25, 0.3) is 0 Å². The Labute approximate surface area is 233 Å². The summed E-state index contributed by atoms with van der Waals surface area (Å²) in [6.07, 6.45) is -5.47. The van der Waals surface area contributed by atoms with Crippen LogP contribution in [-0.4, -0.2) is 55.9 Å². The molecule has 1 fully saturated rings. The van der Waals surface area contributed by atoms with E-state index in [1.165, 1.54) is 0 Å². The molecule has 2 aromatic carbocycles. The Bertz CT molecular complexity index is 1530. The van der Waals surface area contributed by atoms with Crippen molar-refractivity contribution in [3.63, 3.8) is 0 Å². The van der Waals surface area contributed by atoms with Crippen LogP contribution in [0, 0.1) is 17.5 Å². The second kappa shape index (κ2) is 10.7. The maximum atomic E-state index is 14.8. The van der Waals surface area contributed by atoms with Gasteiger partial charge >= 0.3 is 29.8 Å². The average Bonchev–Trinajstić information content (AvgIpc) is 3.52. The minimum atomic E-state index is -4.81. The standard InChI is InChI=1S/C26H21F6N5O5/c1-13(14-5-3-2-4-6-14)33-19(10-15-9-17(28)18(29)11-16(15)27)25(41-21(38)22(39)42-25)24(40)36-7-8-37-20(12-36)34-35-23(37)26(30,31)32/h2-6,9,11,13,19,33H,7-8,10,12H2,1H3/t13-,19+/m0/s1. The largest absolute Gasteiger partial charge is 0.451 e. The number of nitrogens with one attached hydrogen (secondary N) is 1. The van der Waals surface area contributed by atoms with Crippen molar-refractivity contribution in [3.8, 4) is 0 Å². The number of amides is 1. The third-order valence-electron chi connectivity index (χ3n) is 6.97. The molecule has 10 nitrogen and oxygen atoms in total. The van der Waals surface area contributed by atoms with E-state index >= 15 is 0 Å². The Kier molecular flexibility index (Phi) is 7.42. The Morgan fingerprint density at radius 1 is 1.00 bits per heavy atom. The third-order valence-corrected chi connectivity index (χ3v) is 6.97. The zero-order valence-corrected chi connectivity index (χ0v) is 21.6. The summed E-state index contributed by atoms with van der Waals surface area (Å²) >= 11 is 0. The number of rotatable bonds is 7. The van der Waals surface area contributed by atoms with E-state index in [0.29, 0.717) is 17.7 Å². The van der Waals surface area contributed by atoms with Crippen LogP contribution in [0.2, 0.25) is 0 Å². The second-order valence-electron chi connectivity index (χ2n) is 9.68. The lowest BCUT2D eigenvalue weighted by Gasteiger charge is -2.39. The molecule has 3 heterocycles. The van der Waals surface area contributed by atoms with Crippen molar-refractivity contribution in [2.45, 2.75) is 50.5 Å². The summed E-state index contributed by atoms with van der Waals surface area (Å²) in [7, 11) is 0. The highest BCUT2D eigenvalue weighted by atomic mass is 19.4. The van der Waals surface area contributed by atoms with Gasteiger partial charge in [0.1, 0.15) is 5.82 Å². The van der Waals surface area contributed by atoms with Crippen LogP contribution in [0.4, 0.5) is 26.3 Å². The molecule has 0 unspecified atom stereocenters. The number of carbonyl (C=O) groups is 3. The van der Waals surface area contributed by atoms with E-state index in [1.807, 2.05) is 0 Å². The highest BCUT2D eigenvalue weighted by molar-refractivity contribution is 6.32. The van der Waals surface area contributed by atoms with Crippen LogP contribution < -0.4 is 5.32 Å². The molecule has 222 valence electrons. The van der Waals surface area contributed by atoms with Crippen LogP contribution in [0.3, 0.4) is 0 Å². The normalized spacial score (nSPS) is 17.8. The average molecular weight is 597 g/mol. The number of ether oxygens (including phenoxy) is 2. The molecule has 1 aromatic heterocycles. The maximum Gasteiger partial charge on any atom is 0.451 e. The molecule has 0 radical (unpaired) electrons. The molecule has 1 saturated heterocycles. The van der Waals surface area contributed by atoms with Crippen molar-refractivity contribution in [3.05, 3.63) is 82.7 Å². The van der Waals surface area contributed by atoms with Gasteiger partial charge in [0.2, 0.25) is 5.82 Å². The molecule has 2 aliphatic rings. The minimum absolute atomic E-state index is 0.249. The molecule has 2 aliphatic heterocycles. The number of carbonyl (C=O) groups excluding carboxylic acids is 3. The Morgan fingerprint density at radius 2 is 1.64 bits per heavy atom. The Balaban J connectivity index is 1.54. The fourth-order valence-electron chi connectivity index (χ4n) is 4.90. The fraction of sp³-hybridized carbons (Fsp3) is 0.346. The van der Waals surface area contributed by atoms with Gasteiger partial charge in [-0.3, -0.25) is 10.1 Å². The highest BCUT2D eigenvalue weighted by Crippen LogP contribution is 2.35.